The van der Waals surface area contributed by atoms with Gasteiger partial charge in [0.2, 0.25) is 0 Å². The number of nitrogens with one attached hydrogen (secondary N) is 1. The van der Waals surface area contributed by atoms with Crippen LogP contribution in [0.3, 0.4) is 0 Å². The van der Waals surface area contributed by atoms with Crippen molar-refractivity contribution < 1.29 is 4.74 Å². The highest BCUT2D eigenvalue weighted by Crippen LogP contribution is 2.33. The van der Waals surface area contributed by atoms with Crippen molar-refractivity contribution in [3.63, 3.8) is 0 Å². The molecule has 3 aromatic rings. The second kappa shape index (κ2) is 7.69. The van der Waals surface area contributed by atoms with E-state index in [1.807, 2.05) is 7.05 Å². The van der Waals surface area contributed by atoms with Gasteiger partial charge in [0.25, 0.3) is 0 Å². The van der Waals surface area contributed by atoms with Crippen LogP contribution in [0.2, 0.25) is 0 Å². The lowest BCUT2D eigenvalue weighted by atomic mass is 10.0. The van der Waals surface area contributed by atoms with Crippen LogP contribution >= 0.6 is 0 Å². The van der Waals surface area contributed by atoms with Crippen LogP contribution in [-0.4, -0.2) is 35.3 Å². The summed E-state index contributed by atoms with van der Waals surface area (Å²) in [4.78, 5) is 9.84. The summed E-state index contributed by atoms with van der Waals surface area (Å²) in [5.41, 5.74) is 7.60. The first-order valence-electron chi connectivity index (χ1n) is 9.54. The number of anilines is 1. The molecule has 0 saturated heterocycles. The number of nitrogens with zero attached hydrogens (tertiary/aromatic N) is 3. The molecule has 0 bridgehead atoms. The molecular formula is C22H30N4O. The Bertz CT molecular complexity index is 959. The van der Waals surface area contributed by atoms with Crippen molar-refractivity contribution in [3.8, 4) is 11.3 Å². The first-order valence-corrected chi connectivity index (χ1v) is 9.54. The molecule has 144 valence electrons. The van der Waals surface area contributed by atoms with Crippen LogP contribution in [0.25, 0.3) is 22.3 Å². The molecule has 3 rings (SSSR count). The minimum Gasteiger partial charge on any atom is -0.383 e. The Morgan fingerprint density at radius 2 is 1.85 bits per heavy atom. The Morgan fingerprint density at radius 3 is 2.48 bits per heavy atom. The fraction of sp³-hybridized carbons (Fsp3) is 0.455. The Balaban J connectivity index is 2.17. The molecule has 5 heteroatoms. The molecule has 0 radical (unpaired) electrons. The maximum absolute atomic E-state index is 5.34. The highest BCUT2D eigenvalue weighted by atomic mass is 16.5. The number of hydrogen-bond donors (Lipinski definition) is 1. The van der Waals surface area contributed by atoms with Crippen LogP contribution in [0.15, 0.2) is 24.4 Å². The van der Waals surface area contributed by atoms with Crippen LogP contribution in [0.5, 0.6) is 0 Å². The Labute approximate surface area is 161 Å². The number of ether oxygens (including phenoxy) is 1. The molecule has 5 nitrogen and oxygen atoms in total. The molecule has 0 saturated carbocycles. The number of hydrogen-bond acceptors (Lipinski definition) is 4. The molecule has 3 aromatic heterocycles. The van der Waals surface area contributed by atoms with E-state index < -0.39 is 0 Å². The van der Waals surface area contributed by atoms with Gasteiger partial charge in [-0.25, -0.2) is 9.97 Å². The van der Waals surface area contributed by atoms with Gasteiger partial charge in [-0.1, -0.05) is 13.8 Å². The third kappa shape index (κ3) is 3.56. The summed E-state index contributed by atoms with van der Waals surface area (Å²) >= 11 is 0. The van der Waals surface area contributed by atoms with Crippen molar-refractivity contribution in [2.24, 2.45) is 0 Å². The molecule has 0 fully saturated rings. The molecular weight excluding hydrogens is 336 g/mol. The monoisotopic (exact) mass is 366 g/mol. The van der Waals surface area contributed by atoms with Gasteiger partial charge in [0.15, 0.2) is 0 Å². The molecule has 27 heavy (non-hydrogen) atoms. The predicted molar refractivity (Wildman–Crippen MR) is 113 cm³/mol. The number of fused-ring (bicyclic) bond motifs is 1. The highest BCUT2D eigenvalue weighted by Gasteiger charge is 2.17. The van der Waals surface area contributed by atoms with Gasteiger partial charge in [-0.3, -0.25) is 0 Å². The molecule has 1 atom stereocenters. The van der Waals surface area contributed by atoms with Gasteiger partial charge < -0.3 is 14.6 Å². The van der Waals surface area contributed by atoms with E-state index in [1.54, 1.807) is 7.11 Å². The fourth-order valence-corrected chi connectivity index (χ4v) is 3.56. The van der Waals surface area contributed by atoms with Crippen molar-refractivity contribution in [1.82, 2.24) is 14.5 Å². The minimum atomic E-state index is 0.262. The van der Waals surface area contributed by atoms with Crippen LogP contribution in [-0.2, 0) is 4.74 Å². The van der Waals surface area contributed by atoms with E-state index in [9.17, 15) is 0 Å². The first-order chi connectivity index (χ1) is 12.9. The standard InChI is InChI=1S/C22H30N4O/c1-13(2)18-9-8-17(22(23-6)24-18)20-14(3)10-19-21(25-20)15(4)11-26(19)16(5)12-27-7/h8-11,13,16H,12H2,1-7H3,(H,23,24)/t16-/m0/s1. The number of aryl methyl sites for hydroxylation is 2. The van der Waals surface area contributed by atoms with Gasteiger partial charge in [0.05, 0.1) is 29.4 Å². The van der Waals surface area contributed by atoms with Gasteiger partial charge in [-0.05, 0) is 56.0 Å². The zero-order valence-electron chi connectivity index (χ0n) is 17.4. The van der Waals surface area contributed by atoms with E-state index in [1.165, 1.54) is 5.56 Å². The molecule has 0 amide bonds. The molecule has 0 aliphatic carbocycles. The number of methoxy groups -OCH3 is 1. The summed E-state index contributed by atoms with van der Waals surface area (Å²) < 4.78 is 7.60. The third-order valence-corrected chi connectivity index (χ3v) is 5.06. The van der Waals surface area contributed by atoms with Crippen LogP contribution in [0.4, 0.5) is 5.82 Å². The lowest BCUT2D eigenvalue weighted by molar-refractivity contribution is 0.164. The maximum Gasteiger partial charge on any atom is 0.135 e. The third-order valence-electron chi connectivity index (χ3n) is 5.06. The van der Waals surface area contributed by atoms with E-state index in [0.29, 0.717) is 12.5 Å². The lowest BCUT2D eigenvalue weighted by Crippen LogP contribution is -2.10. The molecule has 1 N–H and O–H groups in total. The zero-order valence-corrected chi connectivity index (χ0v) is 17.4. The smallest absolute Gasteiger partial charge is 0.135 e. The molecule has 0 spiro atoms. The molecule has 0 aliphatic rings. The summed E-state index contributed by atoms with van der Waals surface area (Å²) in [7, 11) is 3.65. The van der Waals surface area contributed by atoms with E-state index in [4.69, 9.17) is 14.7 Å². The second-order valence-electron chi connectivity index (χ2n) is 7.58. The number of aromatic nitrogens is 3. The minimum absolute atomic E-state index is 0.262. The Kier molecular flexibility index (Phi) is 5.51. The lowest BCUT2D eigenvalue weighted by Gasteiger charge is -2.16. The predicted octanol–water partition coefficient (Wildman–Crippen LogP) is 5.09. The number of rotatable bonds is 6. The normalized spacial score (nSPS) is 12.7. The van der Waals surface area contributed by atoms with Gasteiger partial charge >= 0.3 is 0 Å². The fourth-order valence-electron chi connectivity index (χ4n) is 3.56. The quantitative estimate of drug-likeness (QED) is 0.660. The van der Waals surface area contributed by atoms with Gasteiger partial charge in [-0.15, -0.1) is 0 Å². The average molecular weight is 367 g/mol. The molecule has 0 aliphatic heterocycles. The summed E-state index contributed by atoms with van der Waals surface area (Å²) in [5, 5.41) is 3.25. The highest BCUT2D eigenvalue weighted by molar-refractivity contribution is 5.86. The van der Waals surface area contributed by atoms with E-state index >= 15 is 0 Å². The van der Waals surface area contributed by atoms with Crippen molar-refractivity contribution in [1.29, 1.82) is 0 Å². The molecule has 3 heterocycles. The molecule has 0 aromatic carbocycles. The Morgan fingerprint density at radius 1 is 1.11 bits per heavy atom. The molecule has 0 unspecified atom stereocenters. The van der Waals surface area contributed by atoms with Crippen LogP contribution < -0.4 is 5.32 Å². The average Bonchev–Trinajstić information content (AvgIpc) is 2.96. The van der Waals surface area contributed by atoms with Gasteiger partial charge in [0, 0.05) is 31.6 Å². The zero-order chi connectivity index (χ0) is 19.7. The van der Waals surface area contributed by atoms with E-state index in [2.05, 4.69) is 68.9 Å². The maximum atomic E-state index is 5.34. The Hall–Kier alpha value is -2.40. The number of pyridine rings is 2. The van der Waals surface area contributed by atoms with Crippen molar-refractivity contribution in [3.05, 3.63) is 41.2 Å². The van der Waals surface area contributed by atoms with Crippen molar-refractivity contribution >= 4 is 16.9 Å². The van der Waals surface area contributed by atoms with E-state index in [0.717, 1.165) is 39.4 Å². The van der Waals surface area contributed by atoms with Crippen LogP contribution in [0, 0.1) is 13.8 Å². The largest absolute Gasteiger partial charge is 0.383 e. The topological polar surface area (TPSA) is 52.0 Å². The van der Waals surface area contributed by atoms with Crippen molar-refractivity contribution in [2.45, 2.75) is 46.6 Å². The van der Waals surface area contributed by atoms with Crippen LogP contribution in [0.1, 0.15) is 49.6 Å². The SMILES string of the molecule is CNc1nc(C(C)C)ccc1-c1nc2c(C)cn([C@@H](C)COC)c2cc1C. The van der Waals surface area contributed by atoms with Crippen molar-refractivity contribution in [2.75, 3.05) is 26.1 Å². The summed E-state index contributed by atoms with van der Waals surface area (Å²) in [6.07, 6.45) is 2.17. The first kappa shape index (κ1) is 19.4. The summed E-state index contributed by atoms with van der Waals surface area (Å²) in [6, 6.07) is 6.73. The van der Waals surface area contributed by atoms with E-state index in [-0.39, 0.29) is 6.04 Å². The summed E-state index contributed by atoms with van der Waals surface area (Å²) in [6.45, 7) is 11.4. The summed E-state index contributed by atoms with van der Waals surface area (Å²) in [5.74, 6) is 1.27. The van der Waals surface area contributed by atoms with Gasteiger partial charge in [-0.2, -0.15) is 0 Å². The van der Waals surface area contributed by atoms with Gasteiger partial charge in [0.1, 0.15) is 5.82 Å². The second-order valence-corrected chi connectivity index (χ2v) is 7.58.